The molecular weight excluding hydrogens is 471 g/mol. The molecule has 0 amide bonds. The molecule has 6 nitrogen and oxygen atoms in total. The maximum Gasteiger partial charge on any atom is 0.243 e. The molecule has 0 saturated heterocycles. The maximum absolute atomic E-state index is 13.5. The molecule has 0 N–H and O–H groups in total. The average molecular weight is 501 g/mol. The minimum atomic E-state index is -3.77. The minimum absolute atomic E-state index is 0.133. The molecule has 0 spiro atoms. The molecule has 0 bridgehead atoms. The Balaban J connectivity index is 1.81. The van der Waals surface area contributed by atoms with Gasteiger partial charge in [-0.3, -0.25) is 0 Å². The quantitative estimate of drug-likeness (QED) is 0.402. The summed E-state index contributed by atoms with van der Waals surface area (Å²) in [5.41, 5.74) is 0.835. The number of ether oxygens (including phenoxy) is 2. The Labute approximate surface area is 201 Å². The second-order valence-electron chi connectivity index (χ2n) is 7.63. The molecule has 1 heterocycles. The van der Waals surface area contributed by atoms with E-state index in [4.69, 9.17) is 32.7 Å². The van der Waals surface area contributed by atoms with E-state index >= 15 is 0 Å². The van der Waals surface area contributed by atoms with E-state index in [0.29, 0.717) is 36.3 Å². The van der Waals surface area contributed by atoms with Crippen LogP contribution in [0.2, 0.25) is 10.0 Å². The number of benzene rings is 2. The van der Waals surface area contributed by atoms with Gasteiger partial charge in [-0.25, -0.2) is 8.42 Å². The smallest absolute Gasteiger partial charge is 0.243 e. The zero-order chi connectivity index (χ0) is 23.1. The summed E-state index contributed by atoms with van der Waals surface area (Å²) in [4.78, 5) is 2.46. The van der Waals surface area contributed by atoms with Crippen LogP contribution in [0.15, 0.2) is 41.3 Å². The number of halogens is 2. The lowest BCUT2D eigenvalue weighted by Gasteiger charge is -2.25. The Hall–Kier alpha value is -1.51. The van der Waals surface area contributed by atoms with Crippen LogP contribution >= 0.6 is 23.2 Å². The van der Waals surface area contributed by atoms with Gasteiger partial charge in [-0.15, -0.1) is 0 Å². The highest BCUT2D eigenvalue weighted by Crippen LogP contribution is 2.32. The fourth-order valence-electron chi connectivity index (χ4n) is 3.62. The van der Waals surface area contributed by atoms with Gasteiger partial charge in [0.1, 0.15) is 13.2 Å². The Morgan fingerprint density at radius 1 is 0.875 bits per heavy atom. The Kier molecular flexibility index (Phi) is 9.08. The molecule has 176 valence electrons. The number of unbranched alkanes of at least 4 members (excludes halogenated alkanes) is 1. The predicted octanol–water partition coefficient (Wildman–Crippen LogP) is 5.08. The number of sulfonamides is 1. The van der Waals surface area contributed by atoms with E-state index in [9.17, 15) is 8.42 Å². The molecule has 0 unspecified atom stereocenters. The standard InChI is InChI=1S/C23H30Cl2N2O4S/c1-3-26(4-2)11-5-6-12-27(32(28,29)19-8-9-20(24)21(25)16-19)17-18-7-10-22-23(15-18)31-14-13-30-22/h7-10,15-16H,3-6,11-14,17H2,1-2H3. The summed E-state index contributed by atoms with van der Waals surface area (Å²) in [6.07, 6.45) is 1.66. The molecular formula is C23H30Cl2N2O4S. The van der Waals surface area contributed by atoms with Crippen LogP contribution in [-0.2, 0) is 16.6 Å². The van der Waals surface area contributed by atoms with Crippen molar-refractivity contribution in [2.24, 2.45) is 0 Å². The van der Waals surface area contributed by atoms with Gasteiger partial charge in [-0.2, -0.15) is 4.31 Å². The van der Waals surface area contributed by atoms with Crippen molar-refractivity contribution in [2.75, 3.05) is 39.4 Å². The molecule has 3 rings (SSSR count). The van der Waals surface area contributed by atoms with E-state index in [2.05, 4.69) is 18.7 Å². The molecule has 0 radical (unpaired) electrons. The van der Waals surface area contributed by atoms with Crippen LogP contribution < -0.4 is 9.47 Å². The highest BCUT2D eigenvalue weighted by Gasteiger charge is 2.26. The number of nitrogens with zero attached hydrogens (tertiary/aromatic N) is 2. The largest absolute Gasteiger partial charge is 0.486 e. The number of fused-ring (bicyclic) bond motifs is 1. The first-order valence-electron chi connectivity index (χ1n) is 10.9. The Morgan fingerprint density at radius 3 is 2.25 bits per heavy atom. The molecule has 0 aliphatic carbocycles. The summed E-state index contributed by atoms with van der Waals surface area (Å²) >= 11 is 12.1. The van der Waals surface area contributed by atoms with Crippen molar-refractivity contribution in [3.8, 4) is 11.5 Å². The molecule has 0 fully saturated rings. The Morgan fingerprint density at radius 2 is 1.56 bits per heavy atom. The summed E-state index contributed by atoms with van der Waals surface area (Å²) in [5, 5.41) is 0.539. The molecule has 1 aliphatic rings. The second kappa shape index (κ2) is 11.6. The zero-order valence-corrected chi connectivity index (χ0v) is 20.8. The van der Waals surface area contributed by atoms with Crippen LogP contribution in [0, 0.1) is 0 Å². The van der Waals surface area contributed by atoms with Crippen LogP contribution in [0.4, 0.5) is 0 Å². The van der Waals surface area contributed by atoms with Crippen LogP contribution in [0.5, 0.6) is 11.5 Å². The van der Waals surface area contributed by atoms with Gasteiger partial charge in [-0.05, 0) is 68.4 Å². The number of rotatable bonds is 11. The van der Waals surface area contributed by atoms with Crippen LogP contribution in [0.3, 0.4) is 0 Å². The minimum Gasteiger partial charge on any atom is -0.486 e. The van der Waals surface area contributed by atoms with Gasteiger partial charge in [0.25, 0.3) is 0 Å². The van der Waals surface area contributed by atoms with E-state index in [-0.39, 0.29) is 16.5 Å². The normalized spacial score (nSPS) is 13.7. The van der Waals surface area contributed by atoms with Gasteiger partial charge in [0.2, 0.25) is 10.0 Å². The van der Waals surface area contributed by atoms with Gasteiger partial charge in [0.05, 0.1) is 14.9 Å². The first kappa shape index (κ1) is 25.1. The lowest BCUT2D eigenvalue weighted by molar-refractivity contribution is 0.171. The van der Waals surface area contributed by atoms with E-state index in [1.807, 2.05) is 18.2 Å². The van der Waals surface area contributed by atoms with Crippen LogP contribution in [0.1, 0.15) is 32.3 Å². The molecule has 0 atom stereocenters. The van der Waals surface area contributed by atoms with Gasteiger partial charge >= 0.3 is 0 Å². The third kappa shape index (κ3) is 6.29. The van der Waals surface area contributed by atoms with E-state index in [1.54, 1.807) is 0 Å². The molecule has 0 saturated carbocycles. The van der Waals surface area contributed by atoms with Crippen LogP contribution in [0.25, 0.3) is 0 Å². The van der Waals surface area contributed by atoms with E-state index in [1.165, 1.54) is 22.5 Å². The van der Waals surface area contributed by atoms with Gasteiger partial charge in [-0.1, -0.05) is 43.1 Å². The molecule has 0 aromatic heterocycles. The zero-order valence-electron chi connectivity index (χ0n) is 18.5. The van der Waals surface area contributed by atoms with Gasteiger partial charge < -0.3 is 14.4 Å². The first-order valence-corrected chi connectivity index (χ1v) is 13.1. The summed E-state index contributed by atoms with van der Waals surface area (Å²) in [6.45, 7) is 8.79. The van der Waals surface area contributed by atoms with Crippen molar-refractivity contribution in [2.45, 2.75) is 38.1 Å². The lowest BCUT2D eigenvalue weighted by Crippen LogP contribution is -2.32. The van der Waals surface area contributed by atoms with E-state index in [0.717, 1.165) is 38.0 Å². The predicted molar refractivity (Wildman–Crippen MR) is 129 cm³/mol. The molecule has 32 heavy (non-hydrogen) atoms. The van der Waals surface area contributed by atoms with Crippen molar-refractivity contribution in [1.82, 2.24) is 9.21 Å². The van der Waals surface area contributed by atoms with Crippen molar-refractivity contribution < 1.29 is 17.9 Å². The number of hydrogen-bond donors (Lipinski definition) is 0. The SMILES string of the molecule is CCN(CC)CCCCN(Cc1ccc2c(c1)OCCO2)S(=O)(=O)c1ccc(Cl)c(Cl)c1. The third-order valence-electron chi connectivity index (χ3n) is 5.52. The maximum atomic E-state index is 13.5. The molecule has 2 aromatic rings. The summed E-state index contributed by atoms with van der Waals surface area (Å²) < 4.78 is 39.7. The van der Waals surface area contributed by atoms with Crippen molar-refractivity contribution in [3.05, 3.63) is 52.0 Å². The molecule has 2 aromatic carbocycles. The molecule has 1 aliphatic heterocycles. The van der Waals surface area contributed by atoms with Crippen molar-refractivity contribution in [3.63, 3.8) is 0 Å². The highest BCUT2D eigenvalue weighted by atomic mass is 35.5. The van der Waals surface area contributed by atoms with Crippen molar-refractivity contribution in [1.29, 1.82) is 0 Å². The van der Waals surface area contributed by atoms with Crippen LogP contribution in [-0.4, -0.2) is 57.0 Å². The fourth-order valence-corrected chi connectivity index (χ4v) is 5.48. The fraction of sp³-hybridized carbons (Fsp3) is 0.478. The monoisotopic (exact) mass is 500 g/mol. The highest BCUT2D eigenvalue weighted by molar-refractivity contribution is 7.89. The Bertz CT molecular complexity index is 1010. The second-order valence-corrected chi connectivity index (χ2v) is 10.4. The lowest BCUT2D eigenvalue weighted by atomic mass is 10.2. The van der Waals surface area contributed by atoms with E-state index < -0.39 is 10.0 Å². The summed E-state index contributed by atoms with van der Waals surface area (Å²) in [7, 11) is -3.77. The van der Waals surface area contributed by atoms with Crippen molar-refractivity contribution >= 4 is 33.2 Å². The molecule has 9 heteroatoms. The average Bonchev–Trinajstić information content (AvgIpc) is 2.80. The summed E-state index contributed by atoms with van der Waals surface area (Å²) in [5.74, 6) is 1.32. The summed E-state index contributed by atoms with van der Waals surface area (Å²) in [6, 6.07) is 9.97. The number of hydrogen-bond acceptors (Lipinski definition) is 5. The van der Waals surface area contributed by atoms with Gasteiger partial charge in [0.15, 0.2) is 11.5 Å². The third-order valence-corrected chi connectivity index (χ3v) is 8.10. The first-order chi connectivity index (χ1) is 15.3. The topological polar surface area (TPSA) is 59.1 Å². The van der Waals surface area contributed by atoms with Gasteiger partial charge in [0, 0.05) is 13.1 Å².